The monoisotopic (exact) mass is 293 g/mol. The second-order valence-corrected chi connectivity index (χ2v) is 6.96. The van der Waals surface area contributed by atoms with Crippen LogP contribution in [0.2, 0.25) is 0 Å². The lowest BCUT2D eigenvalue weighted by molar-refractivity contribution is 0.0417. The predicted octanol–water partition coefficient (Wildman–Crippen LogP) is 1.71. The summed E-state index contributed by atoms with van der Waals surface area (Å²) in [5.74, 6) is 0. The third-order valence-electron chi connectivity index (χ3n) is 4.48. The highest BCUT2D eigenvalue weighted by atomic mass is 15.3. The average Bonchev–Trinajstić information content (AvgIpc) is 2.88. The van der Waals surface area contributed by atoms with Gasteiger partial charge in [-0.15, -0.1) is 0 Å². The summed E-state index contributed by atoms with van der Waals surface area (Å²) >= 11 is 0. The molecule has 120 valence electrons. The van der Waals surface area contributed by atoms with Crippen molar-refractivity contribution in [2.45, 2.75) is 52.2 Å². The molecule has 0 saturated carbocycles. The maximum absolute atomic E-state index is 6.08. The second-order valence-electron chi connectivity index (χ2n) is 6.96. The summed E-state index contributed by atoms with van der Waals surface area (Å²) < 4.78 is 2.26. The molecule has 0 spiro atoms. The Kier molecular flexibility index (Phi) is 5.41. The van der Waals surface area contributed by atoms with Crippen LogP contribution in [0.1, 0.15) is 45.9 Å². The van der Waals surface area contributed by atoms with Gasteiger partial charge in [0.2, 0.25) is 0 Å². The molecule has 5 nitrogen and oxygen atoms in total. The number of imidazole rings is 1. The van der Waals surface area contributed by atoms with E-state index in [1.54, 1.807) is 0 Å². The Hall–Kier alpha value is -0.910. The fourth-order valence-corrected chi connectivity index (χ4v) is 3.20. The van der Waals surface area contributed by atoms with E-state index in [9.17, 15) is 0 Å². The SMILES string of the molecule is CCCn1cncc1C(CN)N1CCN(C(C)(C)C)CC1. The molecule has 1 aromatic heterocycles. The second kappa shape index (κ2) is 6.90. The number of aromatic nitrogens is 2. The van der Waals surface area contributed by atoms with E-state index in [0.29, 0.717) is 12.6 Å². The van der Waals surface area contributed by atoms with Crippen molar-refractivity contribution in [1.82, 2.24) is 19.4 Å². The number of hydrogen-bond acceptors (Lipinski definition) is 4. The van der Waals surface area contributed by atoms with Crippen LogP contribution in [0, 0.1) is 0 Å². The van der Waals surface area contributed by atoms with Crippen LogP contribution < -0.4 is 5.73 Å². The smallest absolute Gasteiger partial charge is 0.0948 e. The number of aryl methyl sites for hydroxylation is 1. The molecule has 0 aromatic carbocycles. The van der Waals surface area contributed by atoms with E-state index < -0.39 is 0 Å². The molecule has 1 atom stereocenters. The Balaban J connectivity index is 2.04. The minimum Gasteiger partial charge on any atom is -0.333 e. The van der Waals surface area contributed by atoms with Gasteiger partial charge >= 0.3 is 0 Å². The normalized spacial score (nSPS) is 19.9. The molecule has 2 heterocycles. The summed E-state index contributed by atoms with van der Waals surface area (Å²) in [7, 11) is 0. The third-order valence-corrected chi connectivity index (χ3v) is 4.48. The van der Waals surface area contributed by atoms with Gasteiger partial charge in [-0.2, -0.15) is 0 Å². The number of nitrogens with two attached hydrogens (primary N) is 1. The molecular weight excluding hydrogens is 262 g/mol. The lowest BCUT2D eigenvalue weighted by Gasteiger charge is -2.44. The van der Waals surface area contributed by atoms with E-state index in [1.165, 1.54) is 5.69 Å². The van der Waals surface area contributed by atoms with Crippen LogP contribution >= 0.6 is 0 Å². The van der Waals surface area contributed by atoms with Gasteiger partial charge in [0.1, 0.15) is 0 Å². The number of hydrogen-bond donors (Lipinski definition) is 1. The van der Waals surface area contributed by atoms with Gasteiger partial charge in [-0.25, -0.2) is 4.98 Å². The first-order chi connectivity index (χ1) is 9.97. The Morgan fingerprint density at radius 1 is 1.24 bits per heavy atom. The van der Waals surface area contributed by atoms with Gasteiger partial charge in [-0.05, 0) is 27.2 Å². The minimum absolute atomic E-state index is 0.258. The van der Waals surface area contributed by atoms with Crippen molar-refractivity contribution in [3.05, 3.63) is 18.2 Å². The van der Waals surface area contributed by atoms with Crippen molar-refractivity contribution in [2.24, 2.45) is 5.73 Å². The van der Waals surface area contributed by atoms with Crippen LogP contribution in [0.4, 0.5) is 0 Å². The van der Waals surface area contributed by atoms with Crippen LogP contribution in [0.25, 0.3) is 0 Å². The zero-order chi connectivity index (χ0) is 15.5. The molecule has 0 amide bonds. The van der Waals surface area contributed by atoms with E-state index in [2.05, 4.69) is 47.0 Å². The molecule has 21 heavy (non-hydrogen) atoms. The standard InChI is InChI=1S/C16H31N5/c1-5-6-20-13-18-12-15(20)14(11-17)19-7-9-21(10-8-19)16(2,3)4/h12-14H,5-11,17H2,1-4H3. The quantitative estimate of drug-likeness (QED) is 0.898. The first-order valence-corrected chi connectivity index (χ1v) is 8.16. The molecule has 5 heteroatoms. The largest absolute Gasteiger partial charge is 0.333 e. The van der Waals surface area contributed by atoms with E-state index in [0.717, 1.165) is 39.1 Å². The summed E-state index contributed by atoms with van der Waals surface area (Å²) in [4.78, 5) is 9.40. The topological polar surface area (TPSA) is 50.3 Å². The fraction of sp³-hybridized carbons (Fsp3) is 0.812. The van der Waals surface area contributed by atoms with Crippen LogP contribution in [-0.2, 0) is 6.54 Å². The maximum Gasteiger partial charge on any atom is 0.0948 e. The van der Waals surface area contributed by atoms with E-state index in [-0.39, 0.29) is 5.54 Å². The Morgan fingerprint density at radius 3 is 2.43 bits per heavy atom. The van der Waals surface area contributed by atoms with Gasteiger partial charge in [0.15, 0.2) is 0 Å². The first-order valence-electron chi connectivity index (χ1n) is 8.16. The average molecular weight is 293 g/mol. The molecule has 1 unspecified atom stereocenters. The molecule has 1 aliphatic rings. The summed E-state index contributed by atoms with van der Waals surface area (Å²) in [6.45, 7) is 15.1. The lowest BCUT2D eigenvalue weighted by Crippen LogP contribution is -2.54. The van der Waals surface area contributed by atoms with Crippen molar-refractivity contribution in [3.8, 4) is 0 Å². The maximum atomic E-state index is 6.08. The molecule has 2 N–H and O–H groups in total. The fourth-order valence-electron chi connectivity index (χ4n) is 3.20. The first kappa shape index (κ1) is 16.5. The molecule has 1 fully saturated rings. The van der Waals surface area contributed by atoms with Gasteiger partial charge in [0, 0.05) is 51.0 Å². The Bertz CT molecular complexity index is 426. The Labute approximate surface area is 129 Å². The number of nitrogens with zero attached hydrogens (tertiary/aromatic N) is 4. The zero-order valence-corrected chi connectivity index (χ0v) is 14.0. The highest BCUT2D eigenvalue weighted by molar-refractivity contribution is 5.07. The van der Waals surface area contributed by atoms with Crippen LogP contribution in [0.3, 0.4) is 0 Å². The van der Waals surface area contributed by atoms with E-state index in [4.69, 9.17) is 5.73 Å². The molecule has 0 bridgehead atoms. The summed E-state index contributed by atoms with van der Waals surface area (Å²) in [5, 5.41) is 0. The number of piperazine rings is 1. The molecule has 1 aliphatic heterocycles. The van der Waals surface area contributed by atoms with Crippen LogP contribution in [0.15, 0.2) is 12.5 Å². The zero-order valence-electron chi connectivity index (χ0n) is 14.0. The Morgan fingerprint density at radius 2 is 1.90 bits per heavy atom. The van der Waals surface area contributed by atoms with E-state index >= 15 is 0 Å². The highest BCUT2D eigenvalue weighted by Crippen LogP contribution is 2.24. The predicted molar refractivity (Wildman–Crippen MR) is 87.2 cm³/mol. The molecule has 2 rings (SSSR count). The summed E-state index contributed by atoms with van der Waals surface area (Å²) in [5.41, 5.74) is 7.61. The molecular formula is C16H31N5. The summed E-state index contributed by atoms with van der Waals surface area (Å²) in [6, 6.07) is 0.293. The highest BCUT2D eigenvalue weighted by Gasteiger charge is 2.30. The van der Waals surface area contributed by atoms with Gasteiger partial charge in [0.05, 0.1) is 18.1 Å². The molecule has 1 aromatic rings. The summed E-state index contributed by atoms with van der Waals surface area (Å²) in [6.07, 6.45) is 5.05. The van der Waals surface area contributed by atoms with Crippen molar-refractivity contribution in [2.75, 3.05) is 32.7 Å². The van der Waals surface area contributed by atoms with Crippen molar-refractivity contribution < 1.29 is 0 Å². The van der Waals surface area contributed by atoms with Crippen molar-refractivity contribution in [1.29, 1.82) is 0 Å². The van der Waals surface area contributed by atoms with Gasteiger partial charge in [-0.3, -0.25) is 9.80 Å². The van der Waals surface area contributed by atoms with Crippen LogP contribution in [0.5, 0.6) is 0 Å². The van der Waals surface area contributed by atoms with Gasteiger partial charge in [-0.1, -0.05) is 6.92 Å². The molecule has 0 radical (unpaired) electrons. The van der Waals surface area contributed by atoms with Crippen LogP contribution in [-0.4, -0.2) is 57.6 Å². The lowest BCUT2D eigenvalue weighted by atomic mass is 10.0. The van der Waals surface area contributed by atoms with E-state index in [1.807, 2.05) is 12.5 Å². The molecule has 1 saturated heterocycles. The third kappa shape index (κ3) is 3.84. The van der Waals surface area contributed by atoms with Gasteiger partial charge in [0.25, 0.3) is 0 Å². The number of rotatable bonds is 5. The minimum atomic E-state index is 0.258. The molecule has 0 aliphatic carbocycles. The van der Waals surface area contributed by atoms with Crippen molar-refractivity contribution >= 4 is 0 Å². The van der Waals surface area contributed by atoms with Crippen molar-refractivity contribution in [3.63, 3.8) is 0 Å². The van der Waals surface area contributed by atoms with Gasteiger partial charge < -0.3 is 10.3 Å².